The molecule has 0 unspecified atom stereocenters. The van der Waals surface area contributed by atoms with Crippen molar-refractivity contribution in [1.82, 2.24) is 9.78 Å². The minimum absolute atomic E-state index is 0.0366. The lowest BCUT2D eigenvalue weighted by Gasteiger charge is -2.22. The number of aryl methyl sites for hydroxylation is 1. The van der Waals surface area contributed by atoms with Gasteiger partial charge in [-0.05, 0) is 19.1 Å². The number of hydrogen-bond donors (Lipinski definition) is 2. The van der Waals surface area contributed by atoms with Crippen LogP contribution in [0.15, 0.2) is 36.7 Å². The highest BCUT2D eigenvalue weighted by Gasteiger charge is 2.24. The minimum atomic E-state index is -1.07. The van der Waals surface area contributed by atoms with Crippen molar-refractivity contribution < 1.29 is 10.0 Å². The van der Waals surface area contributed by atoms with Gasteiger partial charge in [-0.25, -0.2) is 0 Å². The molecule has 0 aliphatic heterocycles. The molecule has 1 heterocycles. The number of anilines is 1. The topological polar surface area (TPSA) is 93.2 Å². The average Bonchev–Trinajstić information content (AvgIpc) is 2.84. The van der Waals surface area contributed by atoms with Gasteiger partial charge in [0, 0.05) is 43.2 Å². The van der Waals surface area contributed by atoms with Crippen molar-refractivity contribution in [3.63, 3.8) is 0 Å². The SMILES string of the molecule is Cn1cc([C@](C)(O)CNc2ccc([N+](=O)[O-])cc2)cn1. The number of benzene rings is 1. The highest BCUT2D eigenvalue weighted by Crippen LogP contribution is 2.21. The average molecular weight is 276 g/mol. The summed E-state index contributed by atoms with van der Waals surface area (Å²) in [7, 11) is 1.78. The molecular weight excluding hydrogens is 260 g/mol. The first-order valence-corrected chi connectivity index (χ1v) is 6.08. The second-order valence-electron chi connectivity index (χ2n) is 4.83. The summed E-state index contributed by atoms with van der Waals surface area (Å²) in [5.74, 6) is 0. The molecule has 2 N–H and O–H groups in total. The van der Waals surface area contributed by atoms with Gasteiger partial charge >= 0.3 is 0 Å². The van der Waals surface area contributed by atoms with Crippen molar-refractivity contribution in [2.45, 2.75) is 12.5 Å². The summed E-state index contributed by atoms with van der Waals surface area (Å²) in [5, 5.41) is 28.0. The van der Waals surface area contributed by atoms with Gasteiger partial charge in [0.2, 0.25) is 0 Å². The summed E-state index contributed by atoms with van der Waals surface area (Å²) in [6.45, 7) is 1.96. The summed E-state index contributed by atoms with van der Waals surface area (Å²) >= 11 is 0. The first kappa shape index (κ1) is 14.0. The Hall–Kier alpha value is -2.41. The normalized spacial score (nSPS) is 13.8. The summed E-state index contributed by atoms with van der Waals surface area (Å²) in [5.41, 5.74) is 0.375. The number of aromatic nitrogens is 2. The largest absolute Gasteiger partial charge is 0.383 e. The second-order valence-corrected chi connectivity index (χ2v) is 4.83. The third-order valence-corrected chi connectivity index (χ3v) is 3.04. The standard InChI is InChI=1S/C13H16N4O3/c1-13(18,10-7-15-16(2)8-10)9-14-11-3-5-12(6-4-11)17(19)20/h3-8,14,18H,9H2,1-2H3/t13-/m1/s1. The molecule has 0 spiro atoms. The van der Waals surface area contributed by atoms with Gasteiger partial charge in [-0.3, -0.25) is 14.8 Å². The van der Waals surface area contributed by atoms with Gasteiger partial charge in [0.15, 0.2) is 0 Å². The predicted octanol–water partition coefficient (Wildman–Crippen LogP) is 1.65. The zero-order chi connectivity index (χ0) is 14.8. The first-order chi connectivity index (χ1) is 9.38. The van der Waals surface area contributed by atoms with Crippen molar-refractivity contribution >= 4 is 11.4 Å². The fourth-order valence-corrected chi connectivity index (χ4v) is 1.78. The van der Waals surface area contributed by atoms with Crippen LogP contribution in [-0.4, -0.2) is 26.4 Å². The van der Waals surface area contributed by atoms with E-state index in [1.807, 2.05) is 0 Å². The lowest BCUT2D eigenvalue weighted by molar-refractivity contribution is -0.384. The van der Waals surface area contributed by atoms with E-state index >= 15 is 0 Å². The van der Waals surface area contributed by atoms with Crippen LogP contribution in [0.25, 0.3) is 0 Å². The molecule has 0 amide bonds. The molecule has 1 aromatic heterocycles. The zero-order valence-corrected chi connectivity index (χ0v) is 11.3. The van der Waals surface area contributed by atoms with Gasteiger partial charge in [-0.2, -0.15) is 5.10 Å². The van der Waals surface area contributed by atoms with Crippen molar-refractivity contribution in [3.8, 4) is 0 Å². The van der Waals surface area contributed by atoms with Crippen LogP contribution in [0.1, 0.15) is 12.5 Å². The van der Waals surface area contributed by atoms with Crippen LogP contribution >= 0.6 is 0 Å². The third kappa shape index (κ3) is 3.12. The molecule has 2 aromatic rings. The van der Waals surface area contributed by atoms with E-state index in [0.29, 0.717) is 11.3 Å². The van der Waals surface area contributed by atoms with Crippen LogP contribution in [0, 0.1) is 10.1 Å². The Morgan fingerprint density at radius 1 is 1.45 bits per heavy atom. The van der Waals surface area contributed by atoms with Gasteiger partial charge in [-0.1, -0.05) is 0 Å². The second kappa shape index (κ2) is 5.30. The molecule has 7 heteroatoms. The van der Waals surface area contributed by atoms with Crippen molar-refractivity contribution in [2.75, 3.05) is 11.9 Å². The lowest BCUT2D eigenvalue weighted by atomic mass is 9.99. The molecule has 0 fully saturated rings. The highest BCUT2D eigenvalue weighted by molar-refractivity contribution is 5.48. The Balaban J connectivity index is 2.02. The molecule has 1 atom stereocenters. The fourth-order valence-electron chi connectivity index (χ4n) is 1.78. The van der Waals surface area contributed by atoms with Crippen LogP contribution in [0.5, 0.6) is 0 Å². The minimum Gasteiger partial charge on any atom is -0.383 e. The lowest BCUT2D eigenvalue weighted by Crippen LogP contribution is -2.30. The first-order valence-electron chi connectivity index (χ1n) is 6.08. The maximum Gasteiger partial charge on any atom is 0.269 e. The Morgan fingerprint density at radius 2 is 2.10 bits per heavy atom. The number of nitro groups is 1. The Labute approximate surface area is 116 Å². The van der Waals surface area contributed by atoms with E-state index in [0.717, 1.165) is 0 Å². The maximum atomic E-state index is 10.6. The van der Waals surface area contributed by atoms with E-state index in [4.69, 9.17) is 0 Å². The monoisotopic (exact) mass is 276 g/mol. The predicted molar refractivity (Wildman–Crippen MR) is 74.4 cm³/mol. The molecule has 7 nitrogen and oxygen atoms in total. The van der Waals surface area contributed by atoms with Gasteiger partial charge < -0.3 is 10.4 Å². The quantitative estimate of drug-likeness (QED) is 0.639. The molecule has 0 saturated carbocycles. The van der Waals surface area contributed by atoms with E-state index in [1.165, 1.54) is 12.1 Å². The van der Waals surface area contributed by atoms with Gasteiger partial charge in [-0.15, -0.1) is 0 Å². The third-order valence-electron chi connectivity index (χ3n) is 3.04. The molecule has 0 aliphatic rings. The molecule has 2 rings (SSSR count). The van der Waals surface area contributed by atoms with Crippen LogP contribution in [0.4, 0.5) is 11.4 Å². The van der Waals surface area contributed by atoms with Crippen LogP contribution in [0.3, 0.4) is 0 Å². The number of aliphatic hydroxyl groups is 1. The molecular formula is C13H16N4O3. The molecule has 106 valence electrons. The number of rotatable bonds is 5. The maximum absolute atomic E-state index is 10.6. The summed E-state index contributed by atoms with van der Waals surface area (Å²) in [6, 6.07) is 6.05. The number of nitrogens with zero attached hydrogens (tertiary/aromatic N) is 3. The van der Waals surface area contributed by atoms with Crippen LogP contribution in [0.2, 0.25) is 0 Å². The Kier molecular flexibility index (Phi) is 3.71. The van der Waals surface area contributed by atoms with Gasteiger partial charge in [0.1, 0.15) is 5.60 Å². The van der Waals surface area contributed by atoms with Gasteiger partial charge in [0.05, 0.1) is 11.1 Å². The molecule has 20 heavy (non-hydrogen) atoms. The van der Waals surface area contributed by atoms with E-state index < -0.39 is 10.5 Å². The summed E-state index contributed by atoms with van der Waals surface area (Å²) in [4.78, 5) is 10.1. The van der Waals surface area contributed by atoms with E-state index in [2.05, 4.69) is 10.4 Å². The molecule has 0 radical (unpaired) electrons. The number of nitrogens with one attached hydrogen (secondary N) is 1. The smallest absolute Gasteiger partial charge is 0.269 e. The summed E-state index contributed by atoms with van der Waals surface area (Å²) < 4.78 is 1.62. The number of hydrogen-bond acceptors (Lipinski definition) is 5. The number of non-ortho nitro benzene ring substituents is 1. The van der Waals surface area contributed by atoms with E-state index in [9.17, 15) is 15.2 Å². The van der Waals surface area contributed by atoms with E-state index in [-0.39, 0.29) is 12.2 Å². The van der Waals surface area contributed by atoms with Crippen LogP contribution in [-0.2, 0) is 12.6 Å². The van der Waals surface area contributed by atoms with Crippen molar-refractivity contribution in [2.24, 2.45) is 7.05 Å². The Morgan fingerprint density at radius 3 is 2.60 bits per heavy atom. The van der Waals surface area contributed by atoms with Crippen molar-refractivity contribution in [3.05, 3.63) is 52.3 Å². The Bertz CT molecular complexity index is 604. The molecule has 0 saturated heterocycles. The molecule has 0 bridgehead atoms. The highest BCUT2D eigenvalue weighted by atomic mass is 16.6. The zero-order valence-electron chi connectivity index (χ0n) is 11.3. The van der Waals surface area contributed by atoms with Crippen molar-refractivity contribution in [1.29, 1.82) is 0 Å². The molecule has 1 aromatic carbocycles. The van der Waals surface area contributed by atoms with Crippen LogP contribution < -0.4 is 5.32 Å². The van der Waals surface area contributed by atoms with E-state index in [1.54, 1.807) is 43.2 Å². The fraction of sp³-hybridized carbons (Fsp3) is 0.308. The molecule has 0 aliphatic carbocycles. The summed E-state index contributed by atoms with van der Waals surface area (Å²) in [6.07, 6.45) is 3.36. The number of nitro benzene ring substituents is 1. The van der Waals surface area contributed by atoms with Gasteiger partial charge in [0.25, 0.3) is 5.69 Å².